The predicted molar refractivity (Wildman–Crippen MR) is 86.3 cm³/mol. The Morgan fingerprint density at radius 1 is 1.41 bits per heavy atom. The summed E-state index contributed by atoms with van der Waals surface area (Å²) < 4.78 is 22.9. The molecule has 2 atom stereocenters. The highest BCUT2D eigenvalue weighted by atomic mass is 35.5. The van der Waals surface area contributed by atoms with Gasteiger partial charge in [-0.25, -0.2) is 8.42 Å². The van der Waals surface area contributed by atoms with Crippen LogP contribution in [0.5, 0.6) is 0 Å². The topological polar surface area (TPSA) is 54.5 Å². The van der Waals surface area contributed by atoms with Gasteiger partial charge in [0.15, 0.2) is 9.84 Å². The standard InChI is InChI=1S/C16H18ClNO3S/c1-11-15-3-2-14(17)9-13(15)4-6-18(11)16(19)8-12-5-7-22(20,21)10-12/h2-3,5,7,9,11-12H,4,6,8,10H2,1H3. The molecular formula is C16H18ClNO3S. The molecule has 1 aromatic carbocycles. The number of allylic oxidation sites excluding steroid dienone is 1. The van der Waals surface area contributed by atoms with E-state index in [2.05, 4.69) is 0 Å². The molecule has 0 saturated heterocycles. The van der Waals surface area contributed by atoms with Crippen LogP contribution >= 0.6 is 11.6 Å². The highest BCUT2D eigenvalue weighted by Gasteiger charge is 2.31. The van der Waals surface area contributed by atoms with Crippen LogP contribution in [0.4, 0.5) is 0 Å². The smallest absolute Gasteiger partial charge is 0.223 e. The molecule has 2 heterocycles. The summed E-state index contributed by atoms with van der Waals surface area (Å²) in [4.78, 5) is 14.4. The molecule has 22 heavy (non-hydrogen) atoms. The lowest BCUT2D eigenvalue weighted by atomic mass is 9.93. The number of rotatable bonds is 2. The fourth-order valence-electron chi connectivity index (χ4n) is 3.25. The molecular weight excluding hydrogens is 322 g/mol. The van der Waals surface area contributed by atoms with Gasteiger partial charge in [-0.1, -0.05) is 23.7 Å². The minimum atomic E-state index is -3.10. The molecule has 1 aromatic rings. The SMILES string of the molecule is CC1c2ccc(Cl)cc2CCN1C(=O)CC1C=CS(=O)(=O)C1. The van der Waals surface area contributed by atoms with E-state index < -0.39 is 9.84 Å². The number of hydrogen-bond donors (Lipinski definition) is 0. The Kier molecular flexibility index (Phi) is 4.03. The van der Waals surface area contributed by atoms with E-state index in [1.54, 1.807) is 6.08 Å². The van der Waals surface area contributed by atoms with Crippen LogP contribution in [0.3, 0.4) is 0 Å². The van der Waals surface area contributed by atoms with Gasteiger partial charge in [-0.2, -0.15) is 0 Å². The predicted octanol–water partition coefficient (Wildman–Crippen LogP) is 2.73. The van der Waals surface area contributed by atoms with Gasteiger partial charge in [0.1, 0.15) is 0 Å². The van der Waals surface area contributed by atoms with Gasteiger partial charge in [-0.05, 0) is 36.6 Å². The Morgan fingerprint density at radius 3 is 2.86 bits per heavy atom. The van der Waals surface area contributed by atoms with Gasteiger partial charge in [0.25, 0.3) is 0 Å². The maximum atomic E-state index is 12.5. The third-order valence-corrected chi connectivity index (χ3v) is 6.11. The average molecular weight is 340 g/mol. The molecule has 1 amide bonds. The van der Waals surface area contributed by atoms with Crippen LogP contribution in [0.15, 0.2) is 29.7 Å². The molecule has 0 fully saturated rings. The van der Waals surface area contributed by atoms with Crippen molar-refractivity contribution in [3.05, 3.63) is 45.8 Å². The maximum Gasteiger partial charge on any atom is 0.223 e. The van der Waals surface area contributed by atoms with Crippen molar-refractivity contribution in [3.8, 4) is 0 Å². The summed E-state index contributed by atoms with van der Waals surface area (Å²) in [5, 5.41) is 1.94. The molecule has 0 N–H and O–H groups in total. The Balaban J connectivity index is 1.72. The Labute approximate surface area is 135 Å². The number of nitrogens with zero attached hydrogens (tertiary/aromatic N) is 1. The van der Waals surface area contributed by atoms with Crippen LogP contribution in [0, 0.1) is 5.92 Å². The monoisotopic (exact) mass is 339 g/mol. The quantitative estimate of drug-likeness (QED) is 0.832. The molecule has 0 saturated carbocycles. The van der Waals surface area contributed by atoms with Crippen LogP contribution in [-0.2, 0) is 21.1 Å². The number of fused-ring (bicyclic) bond motifs is 1. The number of hydrogen-bond acceptors (Lipinski definition) is 3. The van der Waals surface area contributed by atoms with Gasteiger partial charge in [0.05, 0.1) is 11.8 Å². The third-order valence-electron chi connectivity index (χ3n) is 4.41. The molecule has 4 nitrogen and oxygen atoms in total. The number of carbonyl (C=O) groups is 1. The van der Waals surface area contributed by atoms with Crippen molar-refractivity contribution in [3.63, 3.8) is 0 Å². The number of sulfone groups is 1. The zero-order valence-corrected chi connectivity index (χ0v) is 13.9. The van der Waals surface area contributed by atoms with Crippen molar-refractivity contribution in [2.75, 3.05) is 12.3 Å². The lowest BCUT2D eigenvalue weighted by Crippen LogP contribution is -2.39. The molecule has 0 spiro atoms. The molecule has 2 aliphatic rings. The minimum absolute atomic E-state index is 0.00416. The molecule has 118 valence electrons. The molecule has 0 radical (unpaired) electrons. The second kappa shape index (κ2) is 5.70. The summed E-state index contributed by atoms with van der Waals surface area (Å²) in [6.07, 6.45) is 2.67. The number of amides is 1. The van der Waals surface area contributed by atoms with E-state index in [0.717, 1.165) is 12.0 Å². The van der Waals surface area contributed by atoms with Crippen LogP contribution < -0.4 is 0 Å². The van der Waals surface area contributed by atoms with Crippen molar-refractivity contribution in [2.45, 2.75) is 25.8 Å². The highest BCUT2D eigenvalue weighted by Crippen LogP contribution is 2.32. The van der Waals surface area contributed by atoms with Crippen molar-refractivity contribution in [2.24, 2.45) is 5.92 Å². The van der Waals surface area contributed by atoms with Gasteiger partial charge in [-0.3, -0.25) is 4.79 Å². The van der Waals surface area contributed by atoms with Crippen molar-refractivity contribution < 1.29 is 13.2 Å². The lowest BCUT2D eigenvalue weighted by Gasteiger charge is -2.36. The summed E-state index contributed by atoms with van der Waals surface area (Å²) in [6.45, 7) is 2.65. The summed E-state index contributed by atoms with van der Waals surface area (Å²) in [5.41, 5.74) is 2.31. The van der Waals surface area contributed by atoms with E-state index in [0.29, 0.717) is 11.6 Å². The average Bonchev–Trinajstić information content (AvgIpc) is 2.77. The van der Waals surface area contributed by atoms with Crippen molar-refractivity contribution in [1.29, 1.82) is 0 Å². The van der Waals surface area contributed by atoms with E-state index in [4.69, 9.17) is 11.6 Å². The first-order valence-corrected chi connectivity index (χ1v) is 9.44. The molecule has 2 aliphatic heterocycles. The van der Waals surface area contributed by atoms with Crippen LogP contribution in [0.25, 0.3) is 0 Å². The second-order valence-electron chi connectivity index (χ2n) is 5.98. The summed E-state index contributed by atoms with van der Waals surface area (Å²) >= 11 is 6.02. The first kappa shape index (κ1) is 15.6. The Morgan fingerprint density at radius 2 is 2.18 bits per heavy atom. The molecule has 2 unspecified atom stereocenters. The Bertz CT molecular complexity index is 742. The molecule has 0 aromatic heterocycles. The van der Waals surface area contributed by atoms with Crippen molar-refractivity contribution in [1.82, 2.24) is 4.90 Å². The van der Waals surface area contributed by atoms with Crippen molar-refractivity contribution >= 4 is 27.3 Å². The normalized spacial score (nSPS) is 26.0. The van der Waals surface area contributed by atoms with E-state index in [9.17, 15) is 13.2 Å². The first-order chi connectivity index (χ1) is 10.4. The van der Waals surface area contributed by atoms with Gasteiger partial charge in [0.2, 0.25) is 5.91 Å². The van der Waals surface area contributed by atoms with E-state index in [1.807, 2.05) is 30.0 Å². The van der Waals surface area contributed by atoms with Gasteiger partial charge in [0, 0.05) is 29.3 Å². The fraction of sp³-hybridized carbons (Fsp3) is 0.438. The lowest BCUT2D eigenvalue weighted by molar-refractivity contribution is -0.134. The minimum Gasteiger partial charge on any atom is -0.336 e. The van der Waals surface area contributed by atoms with Crippen LogP contribution in [0.2, 0.25) is 5.02 Å². The largest absolute Gasteiger partial charge is 0.336 e. The second-order valence-corrected chi connectivity index (χ2v) is 8.35. The fourth-order valence-corrected chi connectivity index (χ4v) is 4.84. The first-order valence-electron chi connectivity index (χ1n) is 7.34. The highest BCUT2D eigenvalue weighted by molar-refractivity contribution is 7.94. The van der Waals surface area contributed by atoms with Gasteiger partial charge < -0.3 is 4.90 Å². The molecule has 6 heteroatoms. The van der Waals surface area contributed by atoms with Gasteiger partial charge >= 0.3 is 0 Å². The molecule has 3 rings (SSSR count). The third kappa shape index (κ3) is 3.06. The zero-order valence-electron chi connectivity index (χ0n) is 12.3. The van der Waals surface area contributed by atoms with E-state index in [-0.39, 0.29) is 30.0 Å². The summed E-state index contributed by atoms with van der Waals surface area (Å²) in [6, 6.07) is 5.77. The number of benzene rings is 1. The number of halogens is 1. The Hall–Kier alpha value is -1.33. The summed E-state index contributed by atoms with van der Waals surface area (Å²) in [5.74, 6) is -0.135. The maximum absolute atomic E-state index is 12.5. The summed E-state index contributed by atoms with van der Waals surface area (Å²) in [7, 11) is -3.10. The van der Waals surface area contributed by atoms with Gasteiger partial charge in [-0.15, -0.1) is 0 Å². The number of carbonyl (C=O) groups excluding carboxylic acids is 1. The molecule has 0 aliphatic carbocycles. The van der Waals surface area contributed by atoms with Crippen LogP contribution in [0.1, 0.15) is 30.5 Å². The van der Waals surface area contributed by atoms with Crippen LogP contribution in [-0.4, -0.2) is 31.5 Å². The van der Waals surface area contributed by atoms with E-state index in [1.165, 1.54) is 11.0 Å². The van der Waals surface area contributed by atoms with E-state index >= 15 is 0 Å². The zero-order chi connectivity index (χ0) is 15.9. The molecule has 0 bridgehead atoms.